The Labute approximate surface area is 368 Å². The van der Waals surface area contributed by atoms with Gasteiger partial charge < -0.3 is 40.3 Å². The highest BCUT2D eigenvalue weighted by atomic mass is 32.1. The number of carbonyl (C=O) groups excluding carboxylic acids is 4. The average Bonchev–Trinajstić information content (AvgIpc) is 4.06. The predicted molar refractivity (Wildman–Crippen MR) is 236 cm³/mol. The number of ether oxygens (including phenoxy) is 2. The van der Waals surface area contributed by atoms with E-state index in [-0.39, 0.29) is 49.4 Å². The second-order valence-corrected chi connectivity index (χ2v) is 17.6. The van der Waals surface area contributed by atoms with Crippen molar-refractivity contribution in [2.45, 2.75) is 77.8 Å². The molecule has 5 N–H and O–H groups in total. The van der Waals surface area contributed by atoms with Crippen molar-refractivity contribution >= 4 is 46.3 Å². The lowest BCUT2D eigenvalue weighted by Crippen LogP contribution is -2.58. The molecule has 0 unspecified atom stereocenters. The summed E-state index contributed by atoms with van der Waals surface area (Å²) in [6.45, 7) is 8.08. The number of nitrogens with one attached hydrogen (secondary N) is 4. The number of aliphatic hydroxyl groups is 1. The van der Waals surface area contributed by atoms with Crippen LogP contribution in [0.15, 0.2) is 72.4 Å². The quantitative estimate of drug-likeness (QED) is 0.0994. The molecule has 2 aliphatic rings. The highest BCUT2D eigenvalue weighted by Crippen LogP contribution is 2.33. The minimum atomic E-state index is -1.03. The van der Waals surface area contributed by atoms with Crippen molar-refractivity contribution in [1.82, 2.24) is 35.7 Å². The summed E-state index contributed by atoms with van der Waals surface area (Å²) < 4.78 is 26.8. The number of hydrogen-bond acceptors (Lipinski definition) is 12. The molecule has 16 nitrogen and oxygen atoms in total. The van der Waals surface area contributed by atoms with E-state index in [0.717, 1.165) is 16.3 Å². The van der Waals surface area contributed by atoms with E-state index in [1.54, 1.807) is 54.2 Å². The second-order valence-electron chi connectivity index (χ2n) is 16.8. The first-order chi connectivity index (χ1) is 30.2. The van der Waals surface area contributed by atoms with Gasteiger partial charge in [0.1, 0.15) is 36.0 Å². The van der Waals surface area contributed by atoms with E-state index in [4.69, 9.17) is 9.47 Å². The zero-order chi connectivity index (χ0) is 44.8. The number of methoxy groups -OCH3 is 1. The number of aryl methyl sites for hydroxylation is 1. The highest BCUT2D eigenvalue weighted by Gasteiger charge is 2.44. The van der Waals surface area contributed by atoms with Crippen molar-refractivity contribution in [2.75, 3.05) is 43.6 Å². The molecule has 5 aromatic rings. The molecule has 3 aromatic heterocycles. The van der Waals surface area contributed by atoms with Crippen LogP contribution in [0.4, 0.5) is 15.8 Å². The number of carbonyl (C=O) groups is 4. The van der Waals surface area contributed by atoms with Gasteiger partial charge in [0, 0.05) is 56.1 Å². The number of H-pyrrole nitrogens is 1. The zero-order valence-electron chi connectivity index (χ0n) is 35.8. The van der Waals surface area contributed by atoms with Crippen LogP contribution in [-0.2, 0) is 25.7 Å². The molecule has 0 spiro atoms. The maximum Gasteiger partial charge on any atom is 0.274 e. The molecular weight excluding hydrogens is 830 g/mol. The Morgan fingerprint density at radius 3 is 2.54 bits per heavy atom. The third kappa shape index (κ3) is 10.7. The van der Waals surface area contributed by atoms with Gasteiger partial charge in [-0.15, -0.1) is 11.3 Å². The summed E-state index contributed by atoms with van der Waals surface area (Å²) in [6.07, 6.45) is 1.73. The fraction of sp³-hybridized carbons (Fsp3) is 0.400. The highest BCUT2D eigenvalue weighted by molar-refractivity contribution is 7.13. The number of amides is 4. The number of hydrogen-bond donors (Lipinski definition) is 5. The summed E-state index contributed by atoms with van der Waals surface area (Å²) in [4.78, 5) is 67.0. The number of anilines is 2. The van der Waals surface area contributed by atoms with Gasteiger partial charge in [-0.3, -0.25) is 24.3 Å². The lowest BCUT2D eigenvalue weighted by atomic mass is 9.85. The van der Waals surface area contributed by atoms with Crippen LogP contribution < -0.4 is 25.6 Å². The summed E-state index contributed by atoms with van der Waals surface area (Å²) in [5.74, 6) is -1.91. The van der Waals surface area contributed by atoms with E-state index in [9.17, 15) is 24.3 Å². The largest absolute Gasteiger partial charge is 0.494 e. The number of thiazole rings is 1. The Hall–Kier alpha value is -6.24. The third-order valence-corrected chi connectivity index (χ3v) is 12.2. The molecule has 2 aromatic carbocycles. The third-order valence-electron chi connectivity index (χ3n) is 11.2. The van der Waals surface area contributed by atoms with Crippen LogP contribution >= 0.6 is 11.3 Å². The minimum Gasteiger partial charge on any atom is -0.494 e. The van der Waals surface area contributed by atoms with Crippen molar-refractivity contribution in [3.05, 3.63) is 95.1 Å². The standard InChI is InChI=1S/C45H52FN9O7S/c1-26-40(63-25-48-26)27-9-10-28(32(46)19-27)22-47-43(59)37-21-30(56)23-55(37)44(60)41(45(2,3)4)52-39(57)24-62-31-14-17-54(18-15-31)29-11-12-35(38(20-29)61-5)51-42(58)36-8-6-7-33(50-36)34-13-16-49-53-34/h6-13,16,19-20,25,30-31,37,41,56H,14-15,17-18,21-24H2,1-5H3,(H,47,59)(H,49,53)(H,51,58)(H,52,57)/t30-,37+,41-/m1/s1. The van der Waals surface area contributed by atoms with Crippen LogP contribution in [0.5, 0.6) is 5.75 Å². The molecular formula is C45H52FN9O7S. The Bertz CT molecular complexity index is 2430. The molecule has 5 heterocycles. The fourth-order valence-corrected chi connectivity index (χ4v) is 8.59. The Morgan fingerprint density at radius 1 is 1.06 bits per heavy atom. The van der Waals surface area contributed by atoms with E-state index in [0.29, 0.717) is 54.3 Å². The van der Waals surface area contributed by atoms with Crippen molar-refractivity contribution < 1.29 is 38.1 Å². The number of β-amino-alcohol motifs (C(OH)–C–C–N with tert-alkyl or cyclic N) is 1. The number of pyridine rings is 1. The normalized spacial score (nSPS) is 17.3. The van der Waals surface area contributed by atoms with Gasteiger partial charge >= 0.3 is 0 Å². The molecule has 0 saturated carbocycles. The van der Waals surface area contributed by atoms with Crippen LogP contribution in [0.3, 0.4) is 0 Å². The molecule has 0 radical (unpaired) electrons. The van der Waals surface area contributed by atoms with Crippen LogP contribution in [0, 0.1) is 18.2 Å². The first-order valence-electron chi connectivity index (χ1n) is 20.8. The number of nitrogens with zero attached hydrogens (tertiary/aromatic N) is 5. The molecule has 2 aliphatic heterocycles. The Balaban J connectivity index is 0.894. The zero-order valence-corrected chi connectivity index (χ0v) is 36.6. The van der Waals surface area contributed by atoms with Crippen LogP contribution in [0.1, 0.15) is 61.8 Å². The molecule has 332 valence electrons. The van der Waals surface area contributed by atoms with Crippen LogP contribution in [-0.4, -0.2) is 111 Å². The smallest absolute Gasteiger partial charge is 0.274 e. The van der Waals surface area contributed by atoms with Gasteiger partial charge in [0.05, 0.1) is 52.5 Å². The first kappa shape index (κ1) is 44.8. The van der Waals surface area contributed by atoms with Gasteiger partial charge in [-0.2, -0.15) is 5.10 Å². The predicted octanol–water partition coefficient (Wildman–Crippen LogP) is 5.10. The van der Waals surface area contributed by atoms with E-state index < -0.39 is 47.1 Å². The number of piperidine rings is 1. The first-order valence-corrected chi connectivity index (χ1v) is 21.6. The van der Waals surface area contributed by atoms with Gasteiger partial charge in [0.15, 0.2) is 0 Å². The number of benzene rings is 2. The molecule has 0 bridgehead atoms. The van der Waals surface area contributed by atoms with Gasteiger partial charge in [-0.1, -0.05) is 39.0 Å². The summed E-state index contributed by atoms with van der Waals surface area (Å²) in [5.41, 5.74) is 5.63. The maximum atomic E-state index is 15.1. The molecule has 4 amide bonds. The summed E-state index contributed by atoms with van der Waals surface area (Å²) in [7, 11) is 1.54. The van der Waals surface area contributed by atoms with Crippen molar-refractivity contribution in [1.29, 1.82) is 0 Å². The molecule has 2 fully saturated rings. The van der Waals surface area contributed by atoms with E-state index in [1.165, 1.54) is 29.4 Å². The summed E-state index contributed by atoms with van der Waals surface area (Å²) in [6, 6.07) is 15.3. The monoisotopic (exact) mass is 881 g/mol. The second kappa shape index (κ2) is 19.4. The SMILES string of the molecule is COc1cc(N2CCC(OCC(=O)N[C@H](C(=O)N3C[C@H](O)C[C@H]3C(=O)NCc3ccc(-c4scnc4C)cc3F)C(C)(C)C)CC2)ccc1NC(=O)c1cccc(-c2ccn[nH]2)n1. The molecule has 7 rings (SSSR count). The van der Waals surface area contributed by atoms with Gasteiger partial charge in [0.2, 0.25) is 17.7 Å². The van der Waals surface area contributed by atoms with Crippen molar-refractivity contribution in [2.24, 2.45) is 5.41 Å². The lowest BCUT2D eigenvalue weighted by molar-refractivity contribution is -0.145. The van der Waals surface area contributed by atoms with Crippen LogP contribution in [0.25, 0.3) is 21.8 Å². The molecule has 63 heavy (non-hydrogen) atoms. The van der Waals surface area contributed by atoms with Crippen molar-refractivity contribution in [3.8, 4) is 27.6 Å². The number of aromatic amines is 1. The topological polar surface area (TPSA) is 204 Å². The van der Waals surface area contributed by atoms with E-state index in [2.05, 4.69) is 41.0 Å². The molecule has 18 heteroatoms. The minimum absolute atomic E-state index is 0.00422. The fourth-order valence-electron chi connectivity index (χ4n) is 7.78. The number of aliphatic hydroxyl groups excluding tert-OH is 1. The number of halogens is 1. The summed E-state index contributed by atoms with van der Waals surface area (Å²) in [5, 5.41) is 25.9. The van der Waals surface area contributed by atoms with E-state index in [1.807, 2.05) is 39.8 Å². The van der Waals surface area contributed by atoms with Crippen molar-refractivity contribution in [3.63, 3.8) is 0 Å². The van der Waals surface area contributed by atoms with E-state index >= 15 is 4.39 Å². The number of likely N-dealkylation sites (tertiary alicyclic amines) is 1. The maximum absolute atomic E-state index is 15.1. The van der Waals surface area contributed by atoms with Gasteiger partial charge in [-0.25, -0.2) is 14.4 Å². The average molecular weight is 882 g/mol. The number of rotatable bonds is 14. The number of aromatic nitrogens is 4. The molecule has 0 aliphatic carbocycles. The molecule has 3 atom stereocenters. The van der Waals surface area contributed by atoms with Gasteiger partial charge in [0.25, 0.3) is 5.91 Å². The Morgan fingerprint density at radius 2 is 1.86 bits per heavy atom. The summed E-state index contributed by atoms with van der Waals surface area (Å²) >= 11 is 1.42. The molecule has 2 saturated heterocycles. The lowest BCUT2D eigenvalue weighted by Gasteiger charge is -2.36. The van der Waals surface area contributed by atoms with Crippen LogP contribution in [0.2, 0.25) is 0 Å². The van der Waals surface area contributed by atoms with Gasteiger partial charge in [-0.05, 0) is 67.1 Å². The Kier molecular flexibility index (Phi) is 13.8.